The Morgan fingerprint density at radius 1 is 1.16 bits per heavy atom. The van der Waals surface area contributed by atoms with E-state index in [1.165, 1.54) is 4.68 Å². The number of carbonyl (C=O) groups excluding carboxylic acids is 1. The predicted molar refractivity (Wildman–Crippen MR) is 96.5 cm³/mol. The first-order valence-electron chi connectivity index (χ1n) is 8.72. The Kier molecular flexibility index (Phi) is 5.55. The zero-order valence-electron chi connectivity index (χ0n) is 14.8. The third kappa shape index (κ3) is 4.11. The quantitative estimate of drug-likeness (QED) is 0.772. The number of amides is 1. The smallest absolute Gasteiger partial charge is 0.272 e. The molecule has 0 saturated carbocycles. The second-order valence-corrected chi connectivity index (χ2v) is 6.21. The molecule has 1 aliphatic rings. The first-order chi connectivity index (χ1) is 12.2. The summed E-state index contributed by atoms with van der Waals surface area (Å²) in [6.45, 7) is 8.34. The van der Waals surface area contributed by atoms with Crippen LogP contribution in [0.25, 0.3) is 11.8 Å². The van der Waals surface area contributed by atoms with E-state index in [-0.39, 0.29) is 5.91 Å². The number of aromatic nitrogens is 4. The van der Waals surface area contributed by atoms with Gasteiger partial charge in [0.05, 0.1) is 0 Å². The fourth-order valence-electron chi connectivity index (χ4n) is 3.03. The number of nitrogens with zero attached hydrogens (tertiary/aromatic N) is 6. The van der Waals surface area contributed by atoms with Crippen LogP contribution in [0.1, 0.15) is 24.7 Å². The average Bonchev–Trinajstić information content (AvgIpc) is 3.07. The van der Waals surface area contributed by atoms with Crippen LogP contribution in [0.5, 0.6) is 0 Å². The monoisotopic (exact) mass is 340 g/mol. The van der Waals surface area contributed by atoms with E-state index in [9.17, 15) is 4.79 Å². The Labute approximate surface area is 147 Å². The summed E-state index contributed by atoms with van der Waals surface area (Å²) < 4.78 is 1.52. The van der Waals surface area contributed by atoms with Crippen LogP contribution in [0.4, 0.5) is 0 Å². The van der Waals surface area contributed by atoms with Gasteiger partial charge in [-0.2, -0.15) is 4.68 Å². The van der Waals surface area contributed by atoms with E-state index in [0.717, 1.165) is 44.7 Å². The molecule has 1 fully saturated rings. The van der Waals surface area contributed by atoms with Crippen LogP contribution in [0.2, 0.25) is 0 Å². The van der Waals surface area contributed by atoms with Gasteiger partial charge in [0.1, 0.15) is 5.70 Å². The lowest BCUT2D eigenvalue weighted by molar-refractivity contribution is -0.127. The molecule has 0 bridgehead atoms. The van der Waals surface area contributed by atoms with Gasteiger partial charge in [-0.15, -0.1) is 5.10 Å². The second kappa shape index (κ2) is 8.02. The van der Waals surface area contributed by atoms with Gasteiger partial charge in [0.15, 0.2) is 5.82 Å². The summed E-state index contributed by atoms with van der Waals surface area (Å²) >= 11 is 0. The Hall–Kier alpha value is -2.54. The van der Waals surface area contributed by atoms with E-state index in [1.807, 2.05) is 41.3 Å². The van der Waals surface area contributed by atoms with Crippen LogP contribution < -0.4 is 0 Å². The molecule has 1 aliphatic heterocycles. The molecule has 0 aliphatic carbocycles. The number of benzene rings is 1. The molecule has 1 aromatic heterocycles. The largest absolute Gasteiger partial charge is 0.335 e. The normalized spacial score (nSPS) is 16.2. The van der Waals surface area contributed by atoms with Gasteiger partial charge in [-0.3, -0.25) is 9.69 Å². The Balaban J connectivity index is 1.84. The molecule has 132 valence electrons. The van der Waals surface area contributed by atoms with Crippen LogP contribution in [0, 0.1) is 6.92 Å². The lowest BCUT2D eigenvalue weighted by atomic mass is 10.1. The van der Waals surface area contributed by atoms with Gasteiger partial charge in [-0.05, 0) is 42.0 Å². The highest BCUT2D eigenvalue weighted by Crippen LogP contribution is 2.16. The third-order valence-electron chi connectivity index (χ3n) is 4.38. The minimum Gasteiger partial charge on any atom is -0.335 e. The number of tetrazole rings is 1. The maximum atomic E-state index is 13.1. The summed E-state index contributed by atoms with van der Waals surface area (Å²) in [4.78, 5) is 17.4. The Bertz CT molecular complexity index is 731. The molecule has 1 amide bonds. The summed E-state index contributed by atoms with van der Waals surface area (Å²) in [6, 6.07) is 9.78. The van der Waals surface area contributed by atoms with Crippen molar-refractivity contribution in [3.63, 3.8) is 0 Å². The zero-order chi connectivity index (χ0) is 17.6. The van der Waals surface area contributed by atoms with Gasteiger partial charge >= 0.3 is 0 Å². The molecule has 0 N–H and O–H groups in total. The molecule has 0 radical (unpaired) electrons. The van der Waals surface area contributed by atoms with Crippen molar-refractivity contribution < 1.29 is 4.79 Å². The molecule has 25 heavy (non-hydrogen) atoms. The first kappa shape index (κ1) is 17.3. The molecule has 1 saturated heterocycles. The van der Waals surface area contributed by atoms with Crippen LogP contribution >= 0.6 is 0 Å². The summed E-state index contributed by atoms with van der Waals surface area (Å²) in [5, 5.41) is 11.6. The number of piperazine rings is 1. The highest BCUT2D eigenvalue weighted by molar-refractivity contribution is 6.18. The van der Waals surface area contributed by atoms with Crippen molar-refractivity contribution in [2.45, 2.75) is 20.3 Å². The van der Waals surface area contributed by atoms with Crippen molar-refractivity contribution in [2.24, 2.45) is 0 Å². The van der Waals surface area contributed by atoms with Gasteiger partial charge in [-0.1, -0.05) is 37.3 Å². The van der Waals surface area contributed by atoms with E-state index in [2.05, 4.69) is 27.3 Å². The van der Waals surface area contributed by atoms with E-state index >= 15 is 0 Å². The van der Waals surface area contributed by atoms with Crippen LogP contribution in [-0.4, -0.2) is 68.6 Å². The summed E-state index contributed by atoms with van der Waals surface area (Å²) in [5.74, 6) is 0.565. The van der Waals surface area contributed by atoms with Crippen molar-refractivity contribution in [1.29, 1.82) is 0 Å². The van der Waals surface area contributed by atoms with Crippen molar-refractivity contribution in [3.8, 4) is 0 Å². The molecular formula is C18H24N6O. The number of hydrogen-bond acceptors (Lipinski definition) is 5. The number of carbonyl (C=O) groups is 1. The first-order valence-corrected chi connectivity index (χ1v) is 8.72. The van der Waals surface area contributed by atoms with Crippen LogP contribution in [0.3, 0.4) is 0 Å². The number of hydrogen-bond donors (Lipinski definition) is 0. The molecular weight excluding hydrogens is 316 g/mol. The molecule has 0 atom stereocenters. The minimum atomic E-state index is -0.0320. The molecule has 7 nitrogen and oxygen atoms in total. The molecule has 2 aromatic rings. The van der Waals surface area contributed by atoms with Gasteiger partial charge in [0, 0.05) is 26.2 Å². The summed E-state index contributed by atoms with van der Waals surface area (Å²) in [5.41, 5.74) is 1.43. The van der Waals surface area contributed by atoms with E-state index in [0.29, 0.717) is 11.5 Å². The zero-order valence-corrected chi connectivity index (χ0v) is 14.8. The van der Waals surface area contributed by atoms with E-state index < -0.39 is 0 Å². The van der Waals surface area contributed by atoms with E-state index in [4.69, 9.17) is 0 Å². The number of aryl methyl sites for hydroxylation is 1. The lowest BCUT2D eigenvalue weighted by Crippen LogP contribution is -2.49. The SMILES string of the molecule is CCCN1CCN(C(=O)C(=Cc2ccccc2)n2nnnc2C)CC1. The maximum absolute atomic E-state index is 13.1. The fourth-order valence-corrected chi connectivity index (χ4v) is 3.03. The van der Waals surface area contributed by atoms with Gasteiger partial charge in [-0.25, -0.2) is 0 Å². The predicted octanol–water partition coefficient (Wildman–Crippen LogP) is 1.53. The minimum absolute atomic E-state index is 0.0320. The molecule has 1 aromatic carbocycles. The standard InChI is InChI=1S/C18H24N6O/c1-3-9-22-10-12-23(13-11-22)18(25)17(24-15(2)19-20-21-24)14-16-7-5-4-6-8-16/h4-8,14H,3,9-13H2,1-2H3. The molecule has 7 heteroatoms. The highest BCUT2D eigenvalue weighted by Gasteiger charge is 2.25. The van der Waals surface area contributed by atoms with Crippen molar-refractivity contribution in [2.75, 3.05) is 32.7 Å². The highest BCUT2D eigenvalue weighted by atomic mass is 16.2. The number of rotatable bonds is 5. The maximum Gasteiger partial charge on any atom is 0.272 e. The van der Waals surface area contributed by atoms with E-state index in [1.54, 1.807) is 6.92 Å². The molecule has 0 spiro atoms. The van der Waals surface area contributed by atoms with Crippen LogP contribution in [0.15, 0.2) is 30.3 Å². The van der Waals surface area contributed by atoms with Gasteiger partial charge in [0.25, 0.3) is 5.91 Å². The second-order valence-electron chi connectivity index (χ2n) is 6.21. The molecule has 3 rings (SSSR count). The van der Waals surface area contributed by atoms with Gasteiger partial charge in [0.2, 0.25) is 0 Å². The average molecular weight is 340 g/mol. The van der Waals surface area contributed by atoms with Gasteiger partial charge < -0.3 is 4.90 Å². The van der Waals surface area contributed by atoms with Crippen LogP contribution in [-0.2, 0) is 4.79 Å². The lowest BCUT2D eigenvalue weighted by Gasteiger charge is -2.34. The summed E-state index contributed by atoms with van der Waals surface area (Å²) in [6.07, 6.45) is 2.99. The molecule has 0 unspecified atom stereocenters. The topological polar surface area (TPSA) is 67.2 Å². The van der Waals surface area contributed by atoms with Crippen molar-refractivity contribution >= 4 is 17.7 Å². The molecule has 2 heterocycles. The third-order valence-corrected chi connectivity index (χ3v) is 4.38. The fraction of sp³-hybridized carbons (Fsp3) is 0.444. The summed E-state index contributed by atoms with van der Waals surface area (Å²) in [7, 11) is 0. The van der Waals surface area contributed by atoms with Crippen molar-refractivity contribution in [3.05, 3.63) is 41.7 Å². The Morgan fingerprint density at radius 3 is 2.48 bits per heavy atom. The van der Waals surface area contributed by atoms with Crippen molar-refractivity contribution in [1.82, 2.24) is 30.0 Å². The Morgan fingerprint density at radius 2 is 1.88 bits per heavy atom.